The number of carbonyl (C=O) groups is 1. The molecular formula is C28H38N8O2. The van der Waals surface area contributed by atoms with E-state index in [2.05, 4.69) is 19.5 Å². The molecule has 4 rings (SSSR count). The van der Waals surface area contributed by atoms with Crippen LogP contribution in [0.3, 0.4) is 0 Å². The van der Waals surface area contributed by atoms with E-state index < -0.39 is 0 Å². The van der Waals surface area contributed by atoms with Crippen LogP contribution >= 0.6 is 0 Å². The van der Waals surface area contributed by atoms with Gasteiger partial charge in [0, 0.05) is 62.7 Å². The molecule has 3 heterocycles. The van der Waals surface area contributed by atoms with Crippen LogP contribution in [0.5, 0.6) is 5.75 Å². The molecule has 1 saturated heterocycles. The SMILES string of the molecule is CN=C(C(=CN)c1ccc2c(c1)OCCn1cc(C(N=C(C)N)=NC(C)C)nc1-2)C1CCN(C(C)=O)CC1. The topological polar surface area (TPSA) is 136 Å². The summed E-state index contributed by atoms with van der Waals surface area (Å²) in [6.07, 6.45) is 5.29. The summed E-state index contributed by atoms with van der Waals surface area (Å²) in [7, 11) is 1.80. The lowest BCUT2D eigenvalue weighted by molar-refractivity contribution is -0.129. The minimum absolute atomic E-state index is 0.0541. The Bertz CT molecular complexity index is 1310. The number of carbonyl (C=O) groups excluding carboxylic acids is 1. The quantitative estimate of drug-likeness (QED) is 0.463. The van der Waals surface area contributed by atoms with Crippen molar-refractivity contribution in [3.05, 3.63) is 41.9 Å². The summed E-state index contributed by atoms with van der Waals surface area (Å²) >= 11 is 0. The predicted molar refractivity (Wildman–Crippen MR) is 153 cm³/mol. The number of benzene rings is 1. The average molecular weight is 519 g/mol. The maximum atomic E-state index is 11.8. The summed E-state index contributed by atoms with van der Waals surface area (Å²) in [5.41, 5.74) is 16.4. The number of amidine groups is 2. The summed E-state index contributed by atoms with van der Waals surface area (Å²) in [6, 6.07) is 6.12. The van der Waals surface area contributed by atoms with Gasteiger partial charge in [0.1, 0.15) is 23.9 Å². The molecule has 0 radical (unpaired) electrons. The number of aromatic nitrogens is 2. The largest absolute Gasteiger partial charge is 0.491 e. The molecule has 202 valence electrons. The second-order valence-electron chi connectivity index (χ2n) is 9.97. The Morgan fingerprint density at radius 3 is 2.55 bits per heavy atom. The number of fused-ring (bicyclic) bond motifs is 3. The highest BCUT2D eigenvalue weighted by Gasteiger charge is 2.28. The summed E-state index contributed by atoms with van der Waals surface area (Å²) in [6.45, 7) is 9.94. The van der Waals surface area contributed by atoms with Crippen LogP contribution in [0.1, 0.15) is 51.8 Å². The van der Waals surface area contributed by atoms with Crippen LogP contribution in [0, 0.1) is 5.92 Å². The predicted octanol–water partition coefficient (Wildman–Crippen LogP) is 3.10. The van der Waals surface area contributed by atoms with E-state index in [1.54, 1.807) is 27.1 Å². The number of rotatable bonds is 5. The normalized spacial score (nSPS) is 17.7. The Morgan fingerprint density at radius 2 is 1.95 bits per heavy atom. The van der Waals surface area contributed by atoms with Gasteiger partial charge >= 0.3 is 0 Å². The van der Waals surface area contributed by atoms with E-state index in [0.717, 1.165) is 59.9 Å². The Labute approximate surface area is 224 Å². The number of hydrogen-bond acceptors (Lipinski definition) is 6. The van der Waals surface area contributed by atoms with Gasteiger partial charge in [0.05, 0.1) is 17.9 Å². The first-order chi connectivity index (χ1) is 18.2. The van der Waals surface area contributed by atoms with E-state index in [0.29, 0.717) is 30.5 Å². The van der Waals surface area contributed by atoms with Gasteiger partial charge in [0.15, 0.2) is 5.84 Å². The standard InChI is InChI=1S/C28H38N8O2/c1-17(2)32-27(33-18(3)30)24-16-36-12-13-38-25-14-21(6-7-22(25)28(36)34-24)23(15-29)26(31-5)20-8-10-35(11-9-20)19(4)37/h6-7,14-17,20H,8-13,29H2,1-5H3,(H2,30,32,33). The van der Waals surface area contributed by atoms with Gasteiger partial charge < -0.3 is 25.7 Å². The van der Waals surface area contributed by atoms with Crippen molar-refractivity contribution in [1.82, 2.24) is 14.5 Å². The molecule has 2 aliphatic heterocycles. The maximum absolute atomic E-state index is 11.8. The van der Waals surface area contributed by atoms with Crippen molar-refractivity contribution in [2.75, 3.05) is 26.7 Å². The Morgan fingerprint density at radius 1 is 1.21 bits per heavy atom. The molecule has 1 aromatic carbocycles. The van der Waals surface area contributed by atoms with E-state index in [1.165, 1.54) is 0 Å². The van der Waals surface area contributed by atoms with Gasteiger partial charge in [-0.25, -0.2) is 9.98 Å². The van der Waals surface area contributed by atoms with Gasteiger partial charge in [0.25, 0.3) is 0 Å². The molecule has 0 unspecified atom stereocenters. The average Bonchev–Trinajstić information content (AvgIpc) is 3.22. The fourth-order valence-electron chi connectivity index (χ4n) is 5.04. The molecule has 1 amide bonds. The van der Waals surface area contributed by atoms with E-state index >= 15 is 0 Å². The molecule has 10 heteroatoms. The summed E-state index contributed by atoms with van der Waals surface area (Å²) in [5.74, 6) is 2.83. The zero-order chi connectivity index (χ0) is 27.4. The van der Waals surface area contributed by atoms with Crippen LogP contribution in [0.2, 0.25) is 0 Å². The van der Waals surface area contributed by atoms with Crippen molar-refractivity contribution >= 4 is 28.9 Å². The number of nitrogens with zero attached hydrogens (tertiary/aromatic N) is 6. The van der Waals surface area contributed by atoms with Gasteiger partial charge in [-0.1, -0.05) is 6.07 Å². The summed E-state index contributed by atoms with van der Waals surface area (Å²) in [4.78, 5) is 32.2. The fourth-order valence-corrected chi connectivity index (χ4v) is 5.04. The lowest BCUT2D eigenvalue weighted by Gasteiger charge is -2.32. The molecule has 2 aliphatic rings. The monoisotopic (exact) mass is 518 g/mol. The van der Waals surface area contributed by atoms with E-state index in [-0.39, 0.29) is 17.9 Å². The molecule has 0 spiro atoms. The number of amides is 1. The molecule has 0 aliphatic carbocycles. The van der Waals surface area contributed by atoms with Crippen molar-refractivity contribution in [3.8, 4) is 17.1 Å². The van der Waals surface area contributed by atoms with Gasteiger partial charge in [0.2, 0.25) is 5.91 Å². The minimum atomic E-state index is 0.0541. The van der Waals surface area contributed by atoms with Crippen LogP contribution in [0.15, 0.2) is 45.6 Å². The lowest BCUT2D eigenvalue weighted by atomic mass is 9.85. The van der Waals surface area contributed by atoms with Gasteiger partial charge in [-0.05, 0) is 51.3 Å². The number of imidazole rings is 1. The first kappa shape index (κ1) is 27.1. The molecule has 2 aromatic rings. The highest BCUT2D eigenvalue weighted by atomic mass is 16.5. The first-order valence-electron chi connectivity index (χ1n) is 13.1. The number of hydrogen-bond donors (Lipinski definition) is 2. The Hall–Kier alpha value is -3.95. The Kier molecular flexibility index (Phi) is 8.29. The van der Waals surface area contributed by atoms with Crippen molar-refractivity contribution in [2.24, 2.45) is 32.4 Å². The van der Waals surface area contributed by atoms with Crippen molar-refractivity contribution < 1.29 is 9.53 Å². The number of nitrogens with two attached hydrogens (primary N) is 2. The number of piperidine rings is 1. The number of aliphatic imine (C=N–C) groups is 3. The minimum Gasteiger partial charge on any atom is -0.491 e. The zero-order valence-electron chi connectivity index (χ0n) is 22.9. The molecule has 4 N–H and O–H groups in total. The molecule has 0 bridgehead atoms. The molecular weight excluding hydrogens is 480 g/mol. The van der Waals surface area contributed by atoms with E-state index in [9.17, 15) is 4.79 Å². The van der Waals surface area contributed by atoms with Crippen LogP contribution in [0.4, 0.5) is 0 Å². The number of likely N-dealkylation sites (tertiary alicyclic amines) is 1. The second-order valence-corrected chi connectivity index (χ2v) is 9.97. The third-order valence-electron chi connectivity index (χ3n) is 6.80. The second kappa shape index (κ2) is 11.6. The summed E-state index contributed by atoms with van der Waals surface area (Å²) < 4.78 is 8.23. The molecule has 0 atom stereocenters. The molecule has 10 nitrogen and oxygen atoms in total. The number of allylic oxidation sites excluding steroid dienone is 1. The van der Waals surface area contributed by atoms with E-state index in [4.69, 9.17) is 21.2 Å². The molecule has 1 fully saturated rings. The van der Waals surface area contributed by atoms with Crippen LogP contribution < -0.4 is 16.2 Å². The van der Waals surface area contributed by atoms with Crippen LogP contribution in [0.25, 0.3) is 17.0 Å². The van der Waals surface area contributed by atoms with Crippen LogP contribution in [-0.2, 0) is 11.3 Å². The molecule has 38 heavy (non-hydrogen) atoms. The zero-order valence-corrected chi connectivity index (χ0v) is 22.9. The van der Waals surface area contributed by atoms with Gasteiger partial charge in [-0.2, -0.15) is 0 Å². The smallest absolute Gasteiger partial charge is 0.219 e. The fraction of sp³-hybridized carbons (Fsp3) is 0.464. The highest BCUT2D eigenvalue weighted by Crippen LogP contribution is 2.36. The van der Waals surface area contributed by atoms with Crippen molar-refractivity contribution in [3.63, 3.8) is 0 Å². The third-order valence-corrected chi connectivity index (χ3v) is 6.80. The maximum Gasteiger partial charge on any atom is 0.219 e. The highest BCUT2D eigenvalue weighted by molar-refractivity contribution is 6.25. The molecule has 1 aromatic heterocycles. The van der Waals surface area contributed by atoms with Crippen molar-refractivity contribution in [1.29, 1.82) is 0 Å². The van der Waals surface area contributed by atoms with E-state index in [1.807, 2.05) is 43.1 Å². The van der Waals surface area contributed by atoms with Gasteiger partial charge in [-0.15, -0.1) is 0 Å². The third kappa shape index (κ3) is 5.79. The van der Waals surface area contributed by atoms with Crippen molar-refractivity contribution in [2.45, 2.75) is 53.1 Å². The molecule has 0 saturated carbocycles. The summed E-state index contributed by atoms with van der Waals surface area (Å²) in [5, 5.41) is 0. The Balaban J connectivity index is 1.66. The van der Waals surface area contributed by atoms with Crippen LogP contribution in [-0.4, -0.2) is 70.5 Å². The first-order valence-corrected chi connectivity index (χ1v) is 13.1. The number of ether oxygens (including phenoxy) is 1. The van der Waals surface area contributed by atoms with Gasteiger partial charge in [-0.3, -0.25) is 14.8 Å². The lowest BCUT2D eigenvalue weighted by Crippen LogP contribution is -2.39.